The third-order valence-electron chi connectivity index (χ3n) is 14.3. The van der Waals surface area contributed by atoms with Crippen molar-refractivity contribution >= 4 is 23.7 Å². The monoisotopic (exact) mass is 954 g/mol. The normalized spacial score (nSPS) is 39.9. The van der Waals surface area contributed by atoms with Crippen molar-refractivity contribution in [1.82, 2.24) is 4.90 Å². The average Bonchev–Trinajstić information content (AvgIpc) is 3.31. The third kappa shape index (κ3) is 12.1. The van der Waals surface area contributed by atoms with E-state index in [9.17, 15) is 34.5 Å². The van der Waals surface area contributed by atoms with E-state index in [1.54, 1.807) is 102 Å². The second kappa shape index (κ2) is 22.8. The molecular formula is C52H75NO15. The summed E-state index contributed by atoms with van der Waals surface area (Å²) in [5.74, 6) is -6.84. The molecule has 16 nitrogen and oxygen atoms in total. The fourth-order valence-corrected chi connectivity index (χ4v) is 10.3. The summed E-state index contributed by atoms with van der Waals surface area (Å²) < 4.78 is 51.2. The SMILES string of the molecule is C=C[C@@]1(O)C(CC)OC(=O)[C@H](C)[C@H](O[C@H]2C[C@@](C)(OC)[C@@H](OC(=O)c3ccccc3)[C@H](C)O2)[C@H](C)[C@@H](O[C@@H]2O[C@H](C)C[C@H](N(C)C)[C@H]2OC(=O)c2ccccc2)[C@@](C)(O)C[C@@H](C)C(=O)[C@H](C)[C@H]1O. The van der Waals surface area contributed by atoms with Crippen molar-refractivity contribution in [2.24, 2.45) is 23.7 Å². The second-order valence-electron chi connectivity index (χ2n) is 19.8. The fraction of sp³-hybridized carbons (Fsp3) is 0.654. The lowest BCUT2D eigenvalue weighted by Crippen LogP contribution is -2.62. The van der Waals surface area contributed by atoms with Crippen molar-refractivity contribution in [2.75, 3.05) is 21.2 Å². The number of ketones is 1. The summed E-state index contributed by atoms with van der Waals surface area (Å²) in [5.41, 5.74) is -4.72. The molecule has 0 bridgehead atoms. The van der Waals surface area contributed by atoms with Crippen molar-refractivity contribution in [2.45, 2.75) is 172 Å². The van der Waals surface area contributed by atoms with Crippen LogP contribution in [0.2, 0.25) is 0 Å². The number of likely N-dealkylation sites (N-methyl/N-ethyl adjacent to an activating group) is 1. The van der Waals surface area contributed by atoms with Gasteiger partial charge in [-0.15, -0.1) is 0 Å². The van der Waals surface area contributed by atoms with Gasteiger partial charge in [-0.1, -0.05) is 76.7 Å². The summed E-state index contributed by atoms with van der Waals surface area (Å²) in [6.07, 6.45) is -9.90. The van der Waals surface area contributed by atoms with Crippen LogP contribution in [-0.2, 0) is 47.5 Å². The number of ether oxygens (including phenoxy) is 8. The Morgan fingerprint density at radius 3 is 1.93 bits per heavy atom. The molecule has 2 aromatic rings. The molecule has 0 aliphatic carbocycles. The standard InChI is InChI=1S/C52H75NO15/c1-14-38-52(60,15-2)43(55)31(5)40(54)29(3)27-50(9,59)44(68-49-42(37(53(11)12)26-30(4)62-49)66-47(57)35-22-18-16-19-23-35)32(6)41(33(7)46(56)64-38)65-39-28-51(10,61-13)45(34(8)63-39)67-48(58)36-24-20-17-21-25-36/h15-25,29-34,37-39,41-45,49,55,59-60H,2,14,26-28H2,1,3-13H3/t29-,30-,31+,32+,33-,34+,37+,38?,39+,41-,42-,43-,44-,45+,49+,50+,51-,52-/m1/s1. The van der Waals surface area contributed by atoms with E-state index >= 15 is 0 Å². The minimum atomic E-state index is -2.25. The number of aliphatic hydroxyl groups excluding tert-OH is 1. The molecule has 16 heteroatoms. The largest absolute Gasteiger partial charge is 0.459 e. The summed E-state index contributed by atoms with van der Waals surface area (Å²) in [4.78, 5) is 57.9. The summed E-state index contributed by atoms with van der Waals surface area (Å²) in [6, 6.07) is 16.6. The Hall–Kier alpha value is -4.10. The number of Topliss-reactive ketones (excluding diaryl/α,β-unsaturated/α-hetero) is 1. The van der Waals surface area contributed by atoms with Crippen molar-refractivity contribution in [3.8, 4) is 0 Å². The maximum atomic E-state index is 14.6. The van der Waals surface area contributed by atoms with Gasteiger partial charge < -0.3 is 58.1 Å². The highest BCUT2D eigenvalue weighted by Gasteiger charge is 2.55. The second-order valence-corrected chi connectivity index (χ2v) is 19.8. The number of rotatable bonds is 12. The number of nitrogens with zero attached hydrogens (tertiary/aromatic N) is 1. The molecule has 1 unspecified atom stereocenters. The quantitative estimate of drug-likeness (QED) is 0.133. The van der Waals surface area contributed by atoms with E-state index in [4.69, 9.17) is 37.9 Å². The molecular weight excluding hydrogens is 879 g/mol. The van der Waals surface area contributed by atoms with Crippen LogP contribution in [0.25, 0.3) is 0 Å². The summed E-state index contributed by atoms with van der Waals surface area (Å²) >= 11 is 0. The third-order valence-corrected chi connectivity index (χ3v) is 14.3. The first-order valence-corrected chi connectivity index (χ1v) is 23.8. The average molecular weight is 954 g/mol. The van der Waals surface area contributed by atoms with E-state index in [1.807, 2.05) is 25.9 Å². The highest BCUT2D eigenvalue weighted by molar-refractivity contribution is 5.90. The molecule has 2 aromatic carbocycles. The first-order chi connectivity index (χ1) is 31.9. The summed E-state index contributed by atoms with van der Waals surface area (Å²) in [5, 5.41) is 36.6. The molecule has 3 N–H and O–H groups in total. The van der Waals surface area contributed by atoms with E-state index in [0.29, 0.717) is 17.5 Å². The van der Waals surface area contributed by atoms with Crippen LogP contribution in [0.5, 0.6) is 0 Å². The van der Waals surface area contributed by atoms with Gasteiger partial charge in [0.1, 0.15) is 23.1 Å². The van der Waals surface area contributed by atoms with Crippen LogP contribution >= 0.6 is 0 Å². The van der Waals surface area contributed by atoms with Gasteiger partial charge in [0.25, 0.3) is 0 Å². The molecule has 18 atom stereocenters. The number of benzene rings is 2. The Labute approximate surface area is 401 Å². The van der Waals surface area contributed by atoms with E-state index in [1.165, 1.54) is 21.0 Å². The zero-order valence-electron chi connectivity index (χ0n) is 41.7. The first-order valence-electron chi connectivity index (χ1n) is 23.8. The zero-order chi connectivity index (χ0) is 50.5. The van der Waals surface area contributed by atoms with Crippen LogP contribution in [0.4, 0.5) is 0 Å². The number of esters is 3. The lowest BCUT2D eigenvalue weighted by atomic mass is 9.73. The molecule has 378 valence electrons. The van der Waals surface area contributed by atoms with E-state index < -0.39 is 132 Å². The molecule has 3 aliphatic rings. The molecule has 3 heterocycles. The lowest BCUT2D eigenvalue weighted by molar-refractivity contribution is -0.317. The predicted molar refractivity (Wildman–Crippen MR) is 250 cm³/mol. The summed E-state index contributed by atoms with van der Waals surface area (Å²) in [6.45, 7) is 18.6. The minimum absolute atomic E-state index is 0.00216. The van der Waals surface area contributed by atoms with Gasteiger partial charge in [0, 0.05) is 31.3 Å². The minimum Gasteiger partial charge on any atom is -0.459 e. The van der Waals surface area contributed by atoms with Crippen molar-refractivity contribution in [1.29, 1.82) is 0 Å². The number of hydrogen-bond donors (Lipinski definition) is 3. The van der Waals surface area contributed by atoms with Crippen LogP contribution < -0.4 is 0 Å². The highest BCUT2D eigenvalue weighted by Crippen LogP contribution is 2.42. The van der Waals surface area contributed by atoms with E-state index in [2.05, 4.69) is 6.58 Å². The lowest BCUT2D eigenvalue weighted by Gasteiger charge is -2.49. The summed E-state index contributed by atoms with van der Waals surface area (Å²) in [7, 11) is 5.19. The van der Waals surface area contributed by atoms with Crippen LogP contribution in [0.3, 0.4) is 0 Å². The molecule has 0 saturated carbocycles. The highest BCUT2D eigenvalue weighted by atomic mass is 16.7. The number of carbonyl (C=O) groups excluding carboxylic acids is 4. The van der Waals surface area contributed by atoms with Gasteiger partial charge in [0.2, 0.25) is 0 Å². The van der Waals surface area contributed by atoms with Gasteiger partial charge in [-0.3, -0.25) is 9.59 Å². The number of cyclic esters (lactones) is 1. The van der Waals surface area contributed by atoms with Gasteiger partial charge in [0.05, 0.1) is 59.2 Å². The number of hydrogen-bond acceptors (Lipinski definition) is 16. The maximum absolute atomic E-state index is 14.6. The topological polar surface area (TPSA) is 206 Å². The Morgan fingerprint density at radius 1 is 0.824 bits per heavy atom. The Kier molecular flexibility index (Phi) is 18.4. The molecule has 0 aromatic heterocycles. The van der Waals surface area contributed by atoms with Crippen LogP contribution in [-0.4, -0.2) is 149 Å². The Morgan fingerprint density at radius 2 is 1.40 bits per heavy atom. The van der Waals surface area contributed by atoms with Crippen molar-refractivity contribution in [3.63, 3.8) is 0 Å². The molecule has 3 fully saturated rings. The van der Waals surface area contributed by atoms with Gasteiger partial charge in [-0.2, -0.15) is 0 Å². The number of carbonyl (C=O) groups is 4. The Bertz CT molecular complexity index is 2020. The smallest absolute Gasteiger partial charge is 0.338 e. The van der Waals surface area contributed by atoms with Crippen LogP contribution in [0, 0.1) is 23.7 Å². The van der Waals surface area contributed by atoms with E-state index in [-0.39, 0.29) is 19.3 Å². The first kappa shape index (κ1) is 54.8. The molecule has 0 spiro atoms. The Balaban J connectivity index is 1.61. The molecule has 68 heavy (non-hydrogen) atoms. The van der Waals surface area contributed by atoms with Crippen molar-refractivity contribution in [3.05, 3.63) is 84.4 Å². The zero-order valence-corrected chi connectivity index (χ0v) is 41.7. The molecule has 0 amide bonds. The molecule has 5 rings (SSSR count). The number of methoxy groups -OCH3 is 1. The fourth-order valence-electron chi connectivity index (χ4n) is 10.3. The van der Waals surface area contributed by atoms with Crippen molar-refractivity contribution < 1.29 is 72.4 Å². The molecule has 0 radical (unpaired) electrons. The van der Waals surface area contributed by atoms with E-state index in [0.717, 1.165) is 6.08 Å². The van der Waals surface area contributed by atoms with Gasteiger partial charge in [-0.25, -0.2) is 9.59 Å². The molecule has 3 saturated heterocycles. The van der Waals surface area contributed by atoms with Gasteiger partial charge in [0.15, 0.2) is 24.8 Å². The number of aliphatic hydroxyl groups is 3. The molecule has 3 aliphatic heterocycles. The predicted octanol–water partition coefficient (Wildman–Crippen LogP) is 5.68. The van der Waals surface area contributed by atoms with Gasteiger partial charge >= 0.3 is 17.9 Å². The maximum Gasteiger partial charge on any atom is 0.338 e. The van der Waals surface area contributed by atoms with Gasteiger partial charge in [-0.05, 0) is 92.2 Å². The van der Waals surface area contributed by atoms with Crippen LogP contribution in [0.1, 0.15) is 109 Å². The van der Waals surface area contributed by atoms with Crippen LogP contribution in [0.15, 0.2) is 73.3 Å².